The van der Waals surface area contributed by atoms with Crippen molar-refractivity contribution >= 4 is 17.9 Å². The Morgan fingerprint density at radius 2 is 1.85 bits per heavy atom. The zero-order valence-electron chi connectivity index (χ0n) is 12.9. The van der Waals surface area contributed by atoms with Gasteiger partial charge in [0.25, 0.3) is 5.91 Å². The standard InChI is InChI=1S/C13H23N3O4/c1-12(2,3)20-9(17)8(14)7-16-10(18)13(4,5)15(6)11(16)19/h8H,7,14H2,1-6H3/t8-/m1/s1. The SMILES string of the molecule is CN1C(=O)N(C[C@@H](N)C(=O)OC(C)(C)C)C(=O)C1(C)C. The predicted octanol–water partition coefficient (Wildman–Crippen LogP) is 0.328. The number of carbonyl (C=O) groups is 3. The molecule has 0 radical (unpaired) electrons. The van der Waals surface area contributed by atoms with Crippen molar-refractivity contribution in [1.82, 2.24) is 9.80 Å². The van der Waals surface area contributed by atoms with E-state index in [4.69, 9.17) is 10.5 Å². The van der Waals surface area contributed by atoms with Gasteiger partial charge in [-0.05, 0) is 34.6 Å². The summed E-state index contributed by atoms with van der Waals surface area (Å²) in [4.78, 5) is 38.3. The molecule has 2 N–H and O–H groups in total. The van der Waals surface area contributed by atoms with Gasteiger partial charge in [-0.2, -0.15) is 0 Å². The van der Waals surface area contributed by atoms with E-state index in [9.17, 15) is 14.4 Å². The predicted molar refractivity (Wildman–Crippen MR) is 72.8 cm³/mol. The summed E-state index contributed by atoms with van der Waals surface area (Å²) in [5.41, 5.74) is 4.13. The molecule has 0 aromatic carbocycles. The molecule has 1 heterocycles. The van der Waals surface area contributed by atoms with Gasteiger partial charge in [-0.15, -0.1) is 0 Å². The van der Waals surface area contributed by atoms with Crippen LogP contribution in [0.1, 0.15) is 34.6 Å². The van der Waals surface area contributed by atoms with Crippen LogP contribution in [0.25, 0.3) is 0 Å². The van der Waals surface area contributed by atoms with Crippen LogP contribution in [0.4, 0.5) is 4.79 Å². The van der Waals surface area contributed by atoms with Gasteiger partial charge in [0.2, 0.25) is 0 Å². The summed E-state index contributed by atoms with van der Waals surface area (Å²) in [6.07, 6.45) is 0. The van der Waals surface area contributed by atoms with E-state index < -0.39 is 29.2 Å². The van der Waals surface area contributed by atoms with Crippen LogP contribution in [0, 0.1) is 0 Å². The molecule has 1 aliphatic heterocycles. The molecule has 1 saturated heterocycles. The van der Waals surface area contributed by atoms with E-state index in [2.05, 4.69) is 0 Å². The third-order valence-electron chi connectivity index (χ3n) is 3.21. The van der Waals surface area contributed by atoms with Crippen molar-refractivity contribution in [3.8, 4) is 0 Å². The number of likely N-dealkylation sites (N-methyl/N-ethyl adjacent to an activating group) is 1. The Balaban J connectivity index is 2.77. The summed E-state index contributed by atoms with van der Waals surface area (Å²) in [6.45, 7) is 8.28. The Labute approximate surface area is 119 Å². The minimum atomic E-state index is -1.05. The van der Waals surface area contributed by atoms with Crippen molar-refractivity contribution in [1.29, 1.82) is 0 Å². The minimum absolute atomic E-state index is 0.180. The number of hydrogen-bond acceptors (Lipinski definition) is 5. The first-order chi connectivity index (χ1) is 8.88. The molecule has 0 unspecified atom stereocenters. The highest BCUT2D eigenvalue weighted by atomic mass is 16.6. The fourth-order valence-corrected chi connectivity index (χ4v) is 1.79. The number of esters is 1. The molecule has 0 aromatic heterocycles. The normalized spacial score (nSPS) is 20.4. The number of nitrogens with two attached hydrogens (primary N) is 1. The quantitative estimate of drug-likeness (QED) is 0.596. The first kappa shape index (κ1) is 16.4. The fourth-order valence-electron chi connectivity index (χ4n) is 1.79. The van der Waals surface area contributed by atoms with E-state index in [0.29, 0.717) is 0 Å². The van der Waals surface area contributed by atoms with E-state index in [1.165, 1.54) is 4.90 Å². The van der Waals surface area contributed by atoms with Gasteiger partial charge < -0.3 is 15.4 Å². The highest BCUT2D eigenvalue weighted by Crippen LogP contribution is 2.25. The van der Waals surface area contributed by atoms with Crippen molar-refractivity contribution in [3.63, 3.8) is 0 Å². The minimum Gasteiger partial charge on any atom is -0.459 e. The highest BCUT2D eigenvalue weighted by Gasteiger charge is 2.49. The van der Waals surface area contributed by atoms with Gasteiger partial charge in [0, 0.05) is 7.05 Å². The third kappa shape index (κ3) is 3.09. The van der Waals surface area contributed by atoms with Gasteiger partial charge in [0.15, 0.2) is 0 Å². The van der Waals surface area contributed by atoms with Crippen molar-refractivity contribution < 1.29 is 19.1 Å². The van der Waals surface area contributed by atoms with E-state index in [1.807, 2.05) is 0 Å². The van der Waals surface area contributed by atoms with Crippen LogP contribution in [0.5, 0.6) is 0 Å². The summed E-state index contributed by atoms with van der Waals surface area (Å²) in [5, 5.41) is 0. The molecule has 3 amide bonds. The number of urea groups is 1. The first-order valence-corrected chi connectivity index (χ1v) is 6.46. The zero-order valence-corrected chi connectivity index (χ0v) is 12.9. The molecule has 20 heavy (non-hydrogen) atoms. The van der Waals surface area contributed by atoms with Crippen LogP contribution < -0.4 is 5.73 Å². The lowest BCUT2D eigenvalue weighted by atomic mass is 10.1. The molecule has 114 valence electrons. The number of nitrogens with zero attached hydrogens (tertiary/aromatic N) is 2. The molecule has 7 nitrogen and oxygen atoms in total. The smallest absolute Gasteiger partial charge is 0.327 e. The van der Waals surface area contributed by atoms with Gasteiger partial charge in [-0.1, -0.05) is 0 Å². The maximum atomic E-state index is 12.1. The van der Waals surface area contributed by atoms with Gasteiger partial charge in [0.05, 0.1) is 6.54 Å². The highest BCUT2D eigenvalue weighted by molar-refractivity contribution is 6.06. The van der Waals surface area contributed by atoms with Crippen LogP contribution in [0.3, 0.4) is 0 Å². The lowest BCUT2D eigenvalue weighted by molar-refractivity contribution is -0.156. The van der Waals surface area contributed by atoms with E-state index in [-0.39, 0.29) is 12.5 Å². The molecule has 1 aliphatic rings. The van der Waals surface area contributed by atoms with Gasteiger partial charge in [0.1, 0.15) is 17.2 Å². The summed E-state index contributed by atoms with van der Waals surface area (Å²) in [5.74, 6) is -1.01. The summed E-state index contributed by atoms with van der Waals surface area (Å²) >= 11 is 0. The van der Waals surface area contributed by atoms with Crippen LogP contribution in [-0.4, -0.2) is 58.5 Å². The lowest BCUT2D eigenvalue weighted by Gasteiger charge is -2.24. The molecule has 0 saturated carbocycles. The summed E-state index contributed by atoms with van der Waals surface area (Å²) in [7, 11) is 1.54. The lowest BCUT2D eigenvalue weighted by Crippen LogP contribution is -2.48. The maximum absolute atomic E-state index is 12.1. The van der Waals surface area contributed by atoms with E-state index in [1.54, 1.807) is 41.7 Å². The molecule has 1 atom stereocenters. The van der Waals surface area contributed by atoms with Crippen molar-refractivity contribution in [2.45, 2.75) is 51.8 Å². The number of rotatable bonds is 3. The van der Waals surface area contributed by atoms with Gasteiger partial charge in [-0.3, -0.25) is 14.5 Å². The molecule has 0 aromatic rings. The number of carbonyl (C=O) groups excluding carboxylic acids is 3. The van der Waals surface area contributed by atoms with Crippen LogP contribution >= 0.6 is 0 Å². The summed E-state index contributed by atoms with van der Waals surface area (Å²) in [6, 6.07) is -1.51. The maximum Gasteiger partial charge on any atom is 0.327 e. The second-order valence-electron chi connectivity index (χ2n) is 6.46. The fraction of sp³-hybridized carbons (Fsp3) is 0.769. The number of imide groups is 1. The molecule has 0 bridgehead atoms. The Morgan fingerprint density at radius 3 is 2.20 bits per heavy atom. The van der Waals surface area contributed by atoms with Gasteiger partial charge in [-0.25, -0.2) is 4.79 Å². The summed E-state index contributed by atoms with van der Waals surface area (Å²) < 4.78 is 5.13. The van der Waals surface area contributed by atoms with Crippen molar-refractivity contribution in [3.05, 3.63) is 0 Å². The van der Waals surface area contributed by atoms with Crippen molar-refractivity contribution in [2.24, 2.45) is 5.73 Å². The molecular formula is C13H23N3O4. The molecular weight excluding hydrogens is 262 g/mol. The number of hydrogen-bond donors (Lipinski definition) is 1. The number of ether oxygens (including phenoxy) is 1. The second kappa shape index (κ2) is 5.05. The van der Waals surface area contributed by atoms with Crippen LogP contribution in [-0.2, 0) is 14.3 Å². The zero-order chi connectivity index (χ0) is 15.9. The Bertz CT molecular complexity index is 439. The first-order valence-electron chi connectivity index (χ1n) is 6.46. The topological polar surface area (TPSA) is 92.9 Å². The largest absolute Gasteiger partial charge is 0.459 e. The van der Waals surface area contributed by atoms with Crippen LogP contribution in [0.2, 0.25) is 0 Å². The Hall–Kier alpha value is -1.63. The van der Waals surface area contributed by atoms with Gasteiger partial charge >= 0.3 is 12.0 Å². The number of amides is 3. The van der Waals surface area contributed by atoms with E-state index in [0.717, 1.165) is 4.90 Å². The Kier molecular flexibility index (Phi) is 4.14. The molecule has 7 heteroatoms. The van der Waals surface area contributed by atoms with Crippen molar-refractivity contribution in [2.75, 3.05) is 13.6 Å². The van der Waals surface area contributed by atoms with Crippen LogP contribution in [0.15, 0.2) is 0 Å². The second-order valence-corrected chi connectivity index (χ2v) is 6.46. The molecule has 0 aliphatic carbocycles. The Morgan fingerprint density at radius 1 is 1.35 bits per heavy atom. The van der Waals surface area contributed by atoms with E-state index >= 15 is 0 Å². The molecule has 1 fully saturated rings. The average Bonchev–Trinajstić information content (AvgIpc) is 2.42. The molecule has 0 spiro atoms. The average molecular weight is 285 g/mol. The third-order valence-corrected chi connectivity index (χ3v) is 3.21. The monoisotopic (exact) mass is 285 g/mol. The molecule has 1 rings (SSSR count).